The molecule has 0 atom stereocenters. The van der Waals surface area contributed by atoms with Crippen LogP contribution in [0.5, 0.6) is 0 Å². The number of hydrogen-bond donors (Lipinski definition) is 1. The van der Waals surface area contributed by atoms with Crippen molar-refractivity contribution in [1.29, 1.82) is 0 Å². The molecule has 0 fully saturated rings. The Morgan fingerprint density at radius 2 is 1.63 bits per heavy atom. The van der Waals surface area contributed by atoms with Gasteiger partial charge in [-0.15, -0.1) is 12.4 Å². The van der Waals surface area contributed by atoms with Crippen LogP contribution in [-0.2, 0) is 19.8 Å². The van der Waals surface area contributed by atoms with E-state index in [-0.39, 0.29) is 12.4 Å². The highest BCUT2D eigenvalue weighted by atomic mass is 35.5. The maximum Gasteiger partial charge on any atom is 0.500 e. The van der Waals surface area contributed by atoms with Gasteiger partial charge < -0.3 is 28.8 Å². The summed E-state index contributed by atoms with van der Waals surface area (Å²) in [6.07, 6.45) is 2.86. The van der Waals surface area contributed by atoms with Crippen LogP contribution >= 0.6 is 12.4 Å². The summed E-state index contributed by atoms with van der Waals surface area (Å²) < 4.78 is 16.5. The van der Waals surface area contributed by atoms with Crippen molar-refractivity contribution in [2.75, 3.05) is 54.1 Å². The summed E-state index contributed by atoms with van der Waals surface area (Å²) in [6.45, 7) is 9.14. The van der Waals surface area contributed by atoms with Crippen LogP contribution in [0, 0.1) is 0 Å². The summed E-state index contributed by atoms with van der Waals surface area (Å²) in [5.74, 6) is 0. The zero-order valence-electron chi connectivity index (χ0n) is 16.9. The van der Waals surface area contributed by atoms with E-state index in [4.69, 9.17) is 19.0 Å². The molecule has 1 aromatic rings. The maximum absolute atomic E-state index is 5.79. The van der Waals surface area contributed by atoms with Crippen molar-refractivity contribution in [3.63, 3.8) is 0 Å². The molecule has 0 saturated heterocycles. The molecule has 0 spiro atoms. The smallest absolute Gasteiger partial charge is 0.377 e. The van der Waals surface area contributed by atoms with E-state index >= 15 is 0 Å². The minimum atomic E-state index is -2.49. The molecule has 0 aliphatic carbocycles. The van der Waals surface area contributed by atoms with Gasteiger partial charge in [0.25, 0.3) is 0 Å². The lowest BCUT2D eigenvalue weighted by atomic mass is 10.2. The maximum atomic E-state index is 5.79. The molecule has 27 heavy (non-hydrogen) atoms. The summed E-state index contributed by atoms with van der Waals surface area (Å²) in [4.78, 5) is 4.61. The molecule has 6 nitrogen and oxygen atoms in total. The molecule has 0 saturated carbocycles. The quantitative estimate of drug-likeness (QED) is 0.442. The molecule has 0 aliphatic rings. The van der Waals surface area contributed by atoms with Crippen LogP contribution in [0.4, 0.5) is 0 Å². The van der Waals surface area contributed by atoms with Gasteiger partial charge in [0.05, 0.1) is 0 Å². The van der Waals surface area contributed by atoms with Crippen molar-refractivity contribution in [3.05, 3.63) is 48.7 Å². The number of halogens is 1. The number of nitrogens with zero attached hydrogens (tertiary/aromatic N) is 2. The van der Waals surface area contributed by atoms with E-state index in [0.717, 1.165) is 45.2 Å². The van der Waals surface area contributed by atoms with Gasteiger partial charge in [-0.25, -0.2) is 0 Å². The van der Waals surface area contributed by atoms with Crippen molar-refractivity contribution in [3.8, 4) is 0 Å². The molecule has 1 rings (SSSR count). The van der Waals surface area contributed by atoms with Crippen LogP contribution in [-0.4, -0.2) is 72.7 Å². The highest BCUT2D eigenvalue weighted by Gasteiger charge is 2.36. The predicted molar refractivity (Wildman–Crippen MR) is 116 cm³/mol. The van der Waals surface area contributed by atoms with Gasteiger partial charge in [-0.3, -0.25) is 0 Å². The van der Waals surface area contributed by atoms with Crippen LogP contribution in [0.2, 0.25) is 6.04 Å². The Balaban J connectivity index is 0.00000676. The predicted octanol–water partition coefficient (Wildman–Crippen LogP) is 2.58. The lowest BCUT2D eigenvalue weighted by molar-refractivity contribution is 0.121. The summed E-state index contributed by atoms with van der Waals surface area (Å²) >= 11 is 0. The van der Waals surface area contributed by atoms with Gasteiger partial charge in [0.15, 0.2) is 0 Å². The van der Waals surface area contributed by atoms with E-state index in [2.05, 4.69) is 40.6 Å². The zero-order chi connectivity index (χ0) is 19.3. The SMILES string of the molecule is C=CN(CCN(CCN)CCC[Si](OC)(OC)OC)Cc1ccccc1.Cl. The second kappa shape index (κ2) is 15.0. The lowest BCUT2D eigenvalue weighted by Crippen LogP contribution is -2.44. The van der Waals surface area contributed by atoms with Gasteiger partial charge in [0, 0.05) is 60.1 Å². The molecule has 156 valence electrons. The van der Waals surface area contributed by atoms with Gasteiger partial charge >= 0.3 is 8.80 Å². The van der Waals surface area contributed by atoms with Crippen LogP contribution in [0.25, 0.3) is 0 Å². The van der Waals surface area contributed by atoms with Crippen LogP contribution in [0.3, 0.4) is 0 Å². The summed E-state index contributed by atoms with van der Waals surface area (Å²) in [5, 5.41) is 0. The summed E-state index contributed by atoms with van der Waals surface area (Å²) in [7, 11) is 2.47. The highest BCUT2D eigenvalue weighted by Crippen LogP contribution is 2.15. The number of nitrogens with two attached hydrogens (primary N) is 1. The third-order valence-corrected chi connectivity index (χ3v) is 7.36. The minimum absolute atomic E-state index is 0. The van der Waals surface area contributed by atoms with E-state index in [1.54, 1.807) is 21.3 Å². The van der Waals surface area contributed by atoms with E-state index in [1.807, 2.05) is 12.3 Å². The Bertz CT molecular complexity index is 484. The third kappa shape index (κ3) is 9.71. The normalized spacial score (nSPS) is 11.3. The second-order valence-corrected chi connectivity index (χ2v) is 9.26. The first-order valence-electron chi connectivity index (χ1n) is 9.11. The average molecular weight is 418 g/mol. The molecular formula is C19H36ClN3O3Si. The zero-order valence-corrected chi connectivity index (χ0v) is 18.7. The summed E-state index contributed by atoms with van der Waals surface area (Å²) in [5.41, 5.74) is 7.07. The molecule has 0 unspecified atom stereocenters. The fraction of sp³-hybridized carbons (Fsp3) is 0.579. The molecule has 0 radical (unpaired) electrons. The Labute approximate surface area is 172 Å². The third-order valence-electron chi connectivity index (χ3n) is 4.53. The van der Waals surface area contributed by atoms with Gasteiger partial charge in [0.2, 0.25) is 0 Å². The van der Waals surface area contributed by atoms with E-state index in [9.17, 15) is 0 Å². The largest absolute Gasteiger partial charge is 0.500 e. The highest BCUT2D eigenvalue weighted by molar-refractivity contribution is 6.60. The second-order valence-electron chi connectivity index (χ2n) is 6.17. The first kappa shape index (κ1) is 26.1. The Morgan fingerprint density at radius 1 is 1.00 bits per heavy atom. The molecule has 0 heterocycles. The fourth-order valence-electron chi connectivity index (χ4n) is 2.92. The van der Waals surface area contributed by atoms with Gasteiger partial charge in [-0.2, -0.15) is 0 Å². The molecular weight excluding hydrogens is 382 g/mol. The van der Waals surface area contributed by atoms with Crippen molar-refractivity contribution in [2.45, 2.75) is 19.0 Å². The van der Waals surface area contributed by atoms with Crippen LogP contribution in [0.1, 0.15) is 12.0 Å². The Morgan fingerprint density at radius 3 is 2.15 bits per heavy atom. The van der Waals surface area contributed by atoms with E-state index in [1.165, 1.54) is 5.56 Å². The standard InChI is InChI=1S/C19H35N3O3Si.ClH/c1-5-21(18-19-10-7-6-8-11-19)15-16-22(14-12-20)13-9-17-26(23-2,24-3)25-4;/h5-8,10-11H,1,9,12-18,20H2,2-4H3;1H. The monoisotopic (exact) mass is 417 g/mol. The fourth-order valence-corrected chi connectivity index (χ4v) is 4.62. The van der Waals surface area contributed by atoms with Crippen LogP contribution in [0.15, 0.2) is 43.1 Å². The molecule has 0 amide bonds. The van der Waals surface area contributed by atoms with Crippen molar-refractivity contribution in [1.82, 2.24) is 9.80 Å². The molecule has 0 aliphatic heterocycles. The molecule has 1 aromatic carbocycles. The minimum Gasteiger partial charge on any atom is -0.377 e. The molecule has 0 aromatic heterocycles. The molecule has 2 N–H and O–H groups in total. The van der Waals surface area contributed by atoms with E-state index in [0.29, 0.717) is 6.54 Å². The number of rotatable bonds is 15. The first-order chi connectivity index (χ1) is 12.6. The molecule has 8 heteroatoms. The van der Waals surface area contributed by atoms with Crippen molar-refractivity contribution in [2.24, 2.45) is 5.73 Å². The van der Waals surface area contributed by atoms with Gasteiger partial charge in [-0.1, -0.05) is 36.9 Å². The molecule has 0 bridgehead atoms. The first-order valence-corrected chi connectivity index (χ1v) is 11.0. The topological polar surface area (TPSA) is 60.2 Å². The summed E-state index contributed by atoms with van der Waals surface area (Å²) in [6, 6.07) is 11.2. The van der Waals surface area contributed by atoms with E-state index < -0.39 is 8.80 Å². The number of hydrogen-bond acceptors (Lipinski definition) is 6. The lowest BCUT2D eigenvalue weighted by Gasteiger charge is -2.28. The Kier molecular flexibility index (Phi) is 14.5. The van der Waals surface area contributed by atoms with Crippen molar-refractivity contribution >= 4 is 21.2 Å². The average Bonchev–Trinajstić information content (AvgIpc) is 2.69. The number of benzene rings is 1. The Hall–Kier alpha value is -0.933. The van der Waals surface area contributed by atoms with Crippen LogP contribution < -0.4 is 5.73 Å². The van der Waals surface area contributed by atoms with Gasteiger partial charge in [-0.05, 0) is 24.7 Å². The van der Waals surface area contributed by atoms with Gasteiger partial charge in [0.1, 0.15) is 0 Å². The van der Waals surface area contributed by atoms with Crippen molar-refractivity contribution < 1.29 is 13.3 Å².